The Balaban J connectivity index is 1.73. The summed E-state index contributed by atoms with van der Waals surface area (Å²) in [6.45, 7) is 3.06. The fourth-order valence-electron chi connectivity index (χ4n) is 2.49. The van der Waals surface area contributed by atoms with Crippen molar-refractivity contribution >= 4 is 11.3 Å². The third-order valence-electron chi connectivity index (χ3n) is 3.42. The van der Waals surface area contributed by atoms with Crippen LogP contribution in [0, 0.1) is 6.92 Å². The summed E-state index contributed by atoms with van der Waals surface area (Å²) in [5.41, 5.74) is 1.14. The number of nitrogens with zero attached hydrogens (tertiary/aromatic N) is 1. The molecule has 17 heavy (non-hydrogen) atoms. The molecular formula is C13H22N2OS. The highest BCUT2D eigenvalue weighted by Gasteiger charge is 2.23. The van der Waals surface area contributed by atoms with Crippen molar-refractivity contribution in [2.75, 3.05) is 13.7 Å². The molecule has 0 aromatic carbocycles. The second kappa shape index (κ2) is 6.47. The van der Waals surface area contributed by atoms with Crippen LogP contribution >= 0.6 is 11.3 Å². The molecule has 2 atom stereocenters. The molecule has 1 N–H and O–H groups in total. The smallest absolute Gasteiger partial charge is 0.0940 e. The third-order valence-corrected chi connectivity index (χ3v) is 4.44. The highest BCUT2D eigenvalue weighted by Crippen LogP contribution is 2.20. The maximum Gasteiger partial charge on any atom is 0.0940 e. The molecule has 0 amide bonds. The molecule has 0 bridgehead atoms. The average Bonchev–Trinajstić information content (AvgIpc) is 2.76. The lowest BCUT2D eigenvalue weighted by molar-refractivity contribution is 0.0421. The van der Waals surface area contributed by atoms with E-state index in [1.807, 2.05) is 7.11 Å². The quantitative estimate of drug-likeness (QED) is 0.877. The van der Waals surface area contributed by atoms with Crippen LogP contribution in [0.2, 0.25) is 0 Å². The second-order valence-corrected chi connectivity index (χ2v) is 5.69. The van der Waals surface area contributed by atoms with Crippen LogP contribution in [0.25, 0.3) is 0 Å². The van der Waals surface area contributed by atoms with Crippen molar-refractivity contribution in [1.29, 1.82) is 0 Å². The van der Waals surface area contributed by atoms with Gasteiger partial charge in [-0.15, -0.1) is 11.3 Å². The van der Waals surface area contributed by atoms with Crippen molar-refractivity contribution in [3.8, 4) is 0 Å². The van der Waals surface area contributed by atoms with Crippen molar-refractivity contribution in [3.05, 3.63) is 16.1 Å². The maximum atomic E-state index is 5.54. The molecule has 1 fully saturated rings. The number of ether oxygens (including phenoxy) is 1. The van der Waals surface area contributed by atoms with Crippen LogP contribution in [0.5, 0.6) is 0 Å². The Hall–Kier alpha value is -0.450. The molecule has 1 heterocycles. The fraction of sp³-hybridized carbons (Fsp3) is 0.769. The van der Waals surface area contributed by atoms with E-state index in [1.165, 1.54) is 30.7 Å². The fourth-order valence-corrected chi connectivity index (χ4v) is 3.27. The van der Waals surface area contributed by atoms with Crippen molar-refractivity contribution in [1.82, 2.24) is 10.3 Å². The Labute approximate surface area is 108 Å². The molecule has 96 valence electrons. The maximum absolute atomic E-state index is 5.54. The van der Waals surface area contributed by atoms with Crippen molar-refractivity contribution < 1.29 is 4.74 Å². The molecule has 1 saturated carbocycles. The zero-order valence-corrected chi connectivity index (χ0v) is 11.6. The number of aryl methyl sites for hydroxylation is 1. The van der Waals surface area contributed by atoms with E-state index in [-0.39, 0.29) is 0 Å². The van der Waals surface area contributed by atoms with Crippen LogP contribution in [-0.4, -0.2) is 30.8 Å². The SMILES string of the molecule is COC1CCCCC1NCCc1nc(C)cs1. The van der Waals surface area contributed by atoms with Crippen LogP contribution in [0.4, 0.5) is 0 Å². The number of aromatic nitrogens is 1. The number of nitrogens with one attached hydrogen (secondary N) is 1. The van der Waals surface area contributed by atoms with Crippen LogP contribution in [0.1, 0.15) is 36.4 Å². The van der Waals surface area contributed by atoms with Crippen molar-refractivity contribution in [2.45, 2.75) is 51.2 Å². The highest BCUT2D eigenvalue weighted by molar-refractivity contribution is 7.09. The van der Waals surface area contributed by atoms with E-state index < -0.39 is 0 Å². The van der Waals surface area contributed by atoms with Gasteiger partial charge in [0.15, 0.2) is 0 Å². The van der Waals surface area contributed by atoms with Crippen LogP contribution < -0.4 is 5.32 Å². The first kappa shape index (κ1) is 13.0. The van der Waals surface area contributed by atoms with E-state index in [1.54, 1.807) is 11.3 Å². The summed E-state index contributed by atoms with van der Waals surface area (Å²) >= 11 is 1.76. The highest BCUT2D eigenvalue weighted by atomic mass is 32.1. The van der Waals surface area contributed by atoms with E-state index >= 15 is 0 Å². The largest absolute Gasteiger partial charge is 0.380 e. The van der Waals surface area contributed by atoms with Gasteiger partial charge in [-0.05, 0) is 19.8 Å². The van der Waals surface area contributed by atoms with Crippen molar-refractivity contribution in [2.24, 2.45) is 0 Å². The molecule has 2 unspecified atom stereocenters. The minimum Gasteiger partial charge on any atom is -0.380 e. The zero-order valence-electron chi connectivity index (χ0n) is 10.7. The summed E-state index contributed by atoms with van der Waals surface area (Å²) in [6, 6.07) is 0.537. The first-order valence-corrected chi connectivity index (χ1v) is 7.34. The molecule has 0 saturated heterocycles. The minimum atomic E-state index is 0.404. The number of thiazole rings is 1. The Bertz CT molecular complexity index is 340. The zero-order chi connectivity index (χ0) is 12.1. The predicted molar refractivity (Wildman–Crippen MR) is 71.6 cm³/mol. The minimum absolute atomic E-state index is 0.404. The van der Waals surface area contributed by atoms with Gasteiger partial charge in [-0.1, -0.05) is 12.8 Å². The van der Waals surface area contributed by atoms with Gasteiger partial charge in [0.05, 0.1) is 11.1 Å². The Morgan fingerprint density at radius 1 is 1.47 bits per heavy atom. The van der Waals surface area contributed by atoms with Gasteiger partial charge in [0.2, 0.25) is 0 Å². The van der Waals surface area contributed by atoms with Gasteiger partial charge in [0, 0.05) is 37.2 Å². The lowest BCUT2D eigenvalue weighted by atomic mass is 9.92. The standard InChI is InChI=1S/C13H22N2OS/c1-10-9-17-13(15-10)7-8-14-11-5-3-4-6-12(11)16-2/h9,11-12,14H,3-8H2,1-2H3. The lowest BCUT2D eigenvalue weighted by Crippen LogP contribution is -2.43. The summed E-state index contributed by atoms with van der Waals surface area (Å²) in [4.78, 5) is 4.48. The number of hydrogen-bond donors (Lipinski definition) is 1. The molecule has 1 aliphatic rings. The predicted octanol–water partition coefficient (Wildman–Crippen LogP) is 2.54. The Kier molecular flexibility index (Phi) is 4.95. The topological polar surface area (TPSA) is 34.1 Å². The summed E-state index contributed by atoms with van der Waals surface area (Å²) in [6.07, 6.45) is 6.52. The third kappa shape index (κ3) is 3.76. The monoisotopic (exact) mass is 254 g/mol. The average molecular weight is 254 g/mol. The van der Waals surface area contributed by atoms with Gasteiger partial charge in [0.25, 0.3) is 0 Å². The molecule has 3 nitrogen and oxygen atoms in total. The van der Waals surface area contributed by atoms with Gasteiger partial charge in [-0.3, -0.25) is 0 Å². The number of methoxy groups -OCH3 is 1. The molecule has 0 radical (unpaired) electrons. The molecule has 0 spiro atoms. The Morgan fingerprint density at radius 2 is 2.29 bits per heavy atom. The molecule has 1 aromatic rings. The molecule has 1 aromatic heterocycles. The van der Waals surface area contributed by atoms with E-state index in [4.69, 9.17) is 4.74 Å². The van der Waals surface area contributed by atoms with E-state index in [9.17, 15) is 0 Å². The van der Waals surface area contributed by atoms with Crippen molar-refractivity contribution in [3.63, 3.8) is 0 Å². The second-order valence-electron chi connectivity index (χ2n) is 4.75. The first-order valence-electron chi connectivity index (χ1n) is 6.47. The molecular weight excluding hydrogens is 232 g/mol. The molecule has 1 aliphatic carbocycles. The van der Waals surface area contributed by atoms with Gasteiger partial charge in [-0.25, -0.2) is 4.98 Å². The van der Waals surface area contributed by atoms with E-state index in [0.29, 0.717) is 12.1 Å². The summed E-state index contributed by atoms with van der Waals surface area (Å²) in [5, 5.41) is 6.98. The van der Waals surface area contributed by atoms with Gasteiger partial charge in [-0.2, -0.15) is 0 Å². The summed E-state index contributed by atoms with van der Waals surface area (Å²) in [5.74, 6) is 0. The normalized spacial score (nSPS) is 25.1. The molecule has 2 rings (SSSR count). The van der Waals surface area contributed by atoms with Gasteiger partial charge >= 0.3 is 0 Å². The first-order chi connectivity index (χ1) is 8.29. The lowest BCUT2D eigenvalue weighted by Gasteiger charge is -2.31. The molecule has 4 heteroatoms. The molecule has 0 aliphatic heterocycles. The van der Waals surface area contributed by atoms with E-state index in [0.717, 1.165) is 18.7 Å². The number of rotatable bonds is 5. The summed E-state index contributed by atoms with van der Waals surface area (Å²) in [7, 11) is 1.83. The van der Waals surface area contributed by atoms with E-state index in [2.05, 4.69) is 22.6 Å². The van der Waals surface area contributed by atoms with Crippen LogP contribution in [-0.2, 0) is 11.2 Å². The van der Waals surface area contributed by atoms with Gasteiger partial charge < -0.3 is 10.1 Å². The summed E-state index contributed by atoms with van der Waals surface area (Å²) < 4.78 is 5.54. The Morgan fingerprint density at radius 3 is 3.00 bits per heavy atom. The van der Waals surface area contributed by atoms with Crippen LogP contribution in [0.3, 0.4) is 0 Å². The number of hydrogen-bond acceptors (Lipinski definition) is 4. The van der Waals surface area contributed by atoms with Gasteiger partial charge in [0.1, 0.15) is 0 Å². The van der Waals surface area contributed by atoms with Crippen LogP contribution in [0.15, 0.2) is 5.38 Å².